The van der Waals surface area contributed by atoms with Gasteiger partial charge in [0.15, 0.2) is 0 Å². The lowest BCUT2D eigenvalue weighted by molar-refractivity contribution is -0.0850. The first-order valence-electron chi connectivity index (χ1n) is 7.34. The van der Waals surface area contributed by atoms with E-state index < -0.39 is 0 Å². The SMILES string of the molecule is Bc1ccc(N2CC3CCC(C2)N3C2COC2)nc1. The van der Waals surface area contributed by atoms with Gasteiger partial charge in [-0.2, -0.15) is 0 Å². The van der Waals surface area contributed by atoms with Gasteiger partial charge in [-0.3, -0.25) is 4.90 Å². The summed E-state index contributed by atoms with van der Waals surface area (Å²) in [5, 5.41) is 0. The van der Waals surface area contributed by atoms with Gasteiger partial charge < -0.3 is 9.64 Å². The first kappa shape index (κ1) is 11.7. The number of aromatic nitrogens is 1. The fourth-order valence-electron chi connectivity index (χ4n) is 3.76. The molecule has 0 aliphatic carbocycles. The third-order valence-electron chi connectivity index (χ3n) is 4.80. The topological polar surface area (TPSA) is 28.6 Å². The molecule has 19 heavy (non-hydrogen) atoms. The third-order valence-corrected chi connectivity index (χ3v) is 4.80. The maximum Gasteiger partial charge on any atom is 0.141 e. The molecule has 0 radical (unpaired) electrons. The lowest BCUT2D eigenvalue weighted by atomic mass is 9.99. The van der Waals surface area contributed by atoms with Crippen molar-refractivity contribution in [2.75, 3.05) is 31.2 Å². The van der Waals surface area contributed by atoms with Gasteiger partial charge in [0.05, 0.1) is 19.3 Å². The number of fused-ring (bicyclic) bond motifs is 2. The molecule has 3 aliphatic heterocycles. The molecule has 0 aromatic carbocycles. The van der Waals surface area contributed by atoms with Crippen molar-refractivity contribution in [1.29, 1.82) is 0 Å². The Kier molecular flexibility index (Phi) is 2.78. The van der Waals surface area contributed by atoms with Crippen LogP contribution in [-0.4, -0.2) is 62.2 Å². The fourth-order valence-corrected chi connectivity index (χ4v) is 3.76. The van der Waals surface area contributed by atoms with Gasteiger partial charge in [-0.25, -0.2) is 4.98 Å². The summed E-state index contributed by atoms with van der Waals surface area (Å²) in [5.41, 5.74) is 1.23. The third kappa shape index (κ3) is 1.96. The van der Waals surface area contributed by atoms with Gasteiger partial charge in [-0.05, 0) is 18.9 Å². The lowest BCUT2D eigenvalue weighted by Gasteiger charge is -2.48. The number of hydrogen-bond acceptors (Lipinski definition) is 4. The highest BCUT2D eigenvalue weighted by Crippen LogP contribution is 2.35. The fraction of sp³-hybridized carbons (Fsp3) is 0.643. The van der Waals surface area contributed by atoms with E-state index in [1.54, 1.807) is 0 Å². The summed E-state index contributed by atoms with van der Waals surface area (Å²) in [4.78, 5) is 9.79. The maximum atomic E-state index is 5.37. The van der Waals surface area contributed by atoms with Crippen LogP contribution >= 0.6 is 0 Å². The molecule has 2 unspecified atom stereocenters. The molecule has 2 atom stereocenters. The van der Waals surface area contributed by atoms with Gasteiger partial charge in [-0.15, -0.1) is 0 Å². The molecule has 5 heteroatoms. The predicted molar refractivity (Wildman–Crippen MR) is 77.9 cm³/mol. The molecule has 0 saturated carbocycles. The summed E-state index contributed by atoms with van der Waals surface area (Å²) in [7, 11) is 2.09. The van der Waals surface area contributed by atoms with Crippen molar-refractivity contribution >= 4 is 19.1 Å². The molecule has 4 nitrogen and oxygen atoms in total. The van der Waals surface area contributed by atoms with Crippen molar-refractivity contribution in [3.63, 3.8) is 0 Å². The van der Waals surface area contributed by atoms with Gasteiger partial charge in [0, 0.05) is 31.4 Å². The van der Waals surface area contributed by atoms with Crippen molar-refractivity contribution in [2.24, 2.45) is 0 Å². The van der Waals surface area contributed by atoms with Gasteiger partial charge in [0.1, 0.15) is 13.7 Å². The minimum absolute atomic E-state index is 0.686. The van der Waals surface area contributed by atoms with Crippen molar-refractivity contribution in [1.82, 2.24) is 9.88 Å². The molecule has 2 bridgehead atoms. The minimum atomic E-state index is 0.686. The molecule has 4 rings (SSSR count). The van der Waals surface area contributed by atoms with E-state index in [0.29, 0.717) is 18.1 Å². The molecule has 3 saturated heterocycles. The van der Waals surface area contributed by atoms with Gasteiger partial charge >= 0.3 is 0 Å². The van der Waals surface area contributed by atoms with E-state index in [1.807, 2.05) is 6.20 Å². The first-order chi connectivity index (χ1) is 9.31. The van der Waals surface area contributed by atoms with E-state index in [1.165, 1.54) is 18.3 Å². The molecule has 100 valence electrons. The zero-order valence-corrected chi connectivity index (χ0v) is 11.5. The Bertz CT molecular complexity index is 448. The van der Waals surface area contributed by atoms with Crippen LogP contribution in [-0.2, 0) is 4.74 Å². The predicted octanol–water partition coefficient (Wildman–Crippen LogP) is -0.608. The second kappa shape index (κ2) is 4.49. The zero-order valence-electron chi connectivity index (χ0n) is 11.5. The highest BCUT2D eigenvalue weighted by molar-refractivity contribution is 6.32. The second-order valence-electron chi connectivity index (χ2n) is 6.12. The molecular weight excluding hydrogens is 237 g/mol. The Morgan fingerprint density at radius 2 is 1.84 bits per heavy atom. The summed E-state index contributed by atoms with van der Waals surface area (Å²) in [6.07, 6.45) is 4.65. The molecule has 1 aromatic rings. The van der Waals surface area contributed by atoms with Crippen molar-refractivity contribution < 1.29 is 4.74 Å². The van der Waals surface area contributed by atoms with Crippen molar-refractivity contribution in [3.8, 4) is 0 Å². The Labute approximate surface area is 115 Å². The molecule has 3 aliphatic rings. The second-order valence-corrected chi connectivity index (χ2v) is 6.12. The molecular formula is C14H20BN3O. The molecule has 4 heterocycles. The van der Waals surface area contributed by atoms with E-state index >= 15 is 0 Å². The van der Waals surface area contributed by atoms with E-state index in [0.717, 1.165) is 32.1 Å². The summed E-state index contributed by atoms with van der Waals surface area (Å²) in [6, 6.07) is 6.42. The number of rotatable bonds is 2. The molecule has 3 fully saturated rings. The van der Waals surface area contributed by atoms with Crippen LogP contribution < -0.4 is 10.4 Å². The van der Waals surface area contributed by atoms with Gasteiger partial charge in [0.25, 0.3) is 0 Å². The lowest BCUT2D eigenvalue weighted by Crippen LogP contribution is -2.62. The number of anilines is 1. The van der Waals surface area contributed by atoms with E-state index in [2.05, 4.69) is 34.8 Å². The molecule has 0 amide bonds. The highest BCUT2D eigenvalue weighted by Gasteiger charge is 2.45. The van der Waals surface area contributed by atoms with Crippen LogP contribution in [0, 0.1) is 0 Å². The summed E-state index contributed by atoms with van der Waals surface area (Å²) in [5.74, 6) is 1.15. The van der Waals surface area contributed by atoms with Crippen LogP contribution in [0.4, 0.5) is 5.82 Å². The van der Waals surface area contributed by atoms with Crippen LogP contribution in [0.15, 0.2) is 18.3 Å². The molecule has 1 aromatic heterocycles. The molecule has 0 N–H and O–H groups in total. The van der Waals surface area contributed by atoms with Crippen LogP contribution in [0.2, 0.25) is 0 Å². The number of nitrogens with zero attached hydrogens (tertiary/aromatic N) is 3. The Hall–Kier alpha value is -1.07. The van der Waals surface area contributed by atoms with E-state index in [-0.39, 0.29) is 0 Å². The summed E-state index contributed by atoms with van der Waals surface area (Å²) >= 11 is 0. The standard InChI is InChI=1S/C14H20BN3O/c15-10-1-4-14(16-5-10)17-6-11-2-3-12(7-17)18(11)13-8-19-9-13/h1,4-5,11-13H,2-3,6-9,15H2. The van der Waals surface area contributed by atoms with Crippen molar-refractivity contribution in [3.05, 3.63) is 18.3 Å². The quantitative estimate of drug-likeness (QED) is 0.661. The maximum absolute atomic E-state index is 5.37. The minimum Gasteiger partial charge on any atom is -0.378 e. The Morgan fingerprint density at radius 3 is 2.37 bits per heavy atom. The number of piperazine rings is 1. The summed E-state index contributed by atoms with van der Waals surface area (Å²) in [6.45, 7) is 4.14. The number of hydrogen-bond donors (Lipinski definition) is 0. The Morgan fingerprint density at radius 1 is 1.11 bits per heavy atom. The molecule has 0 spiro atoms. The average molecular weight is 257 g/mol. The van der Waals surface area contributed by atoms with Crippen molar-refractivity contribution in [2.45, 2.75) is 31.0 Å². The highest BCUT2D eigenvalue weighted by atomic mass is 16.5. The number of ether oxygens (including phenoxy) is 1. The monoisotopic (exact) mass is 257 g/mol. The van der Waals surface area contributed by atoms with Crippen LogP contribution in [0.5, 0.6) is 0 Å². The first-order valence-corrected chi connectivity index (χ1v) is 7.34. The largest absolute Gasteiger partial charge is 0.378 e. The van der Waals surface area contributed by atoms with Crippen LogP contribution in [0.25, 0.3) is 0 Å². The average Bonchev–Trinajstić information content (AvgIpc) is 2.60. The van der Waals surface area contributed by atoms with Crippen LogP contribution in [0.1, 0.15) is 12.8 Å². The zero-order chi connectivity index (χ0) is 12.8. The van der Waals surface area contributed by atoms with Crippen LogP contribution in [0.3, 0.4) is 0 Å². The van der Waals surface area contributed by atoms with Gasteiger partial charge in [-0.1, -0.05) is 11.5 Å². The Balaban J connectivity index is 1.52. The smallest absolute Gasteiger partial charge is 0.141 e. The van der Waals surface area contributed by atoms with E-state index in [4.69, 9.17) is 4.74 Å². The number of pyridine rings is 1. The normalized spacial score (nSPS) is 31.5. The summed E-state index contributed by atoms with van der Waals surface area (Å²) < 4.78 is 5.37. The van der Waals surface area contributed by atoms with Gasteiger partial charge in [0.2, 0.25) is 0 Å². The van der Waals surface area contributed by atoms with E-state index in [9.17, 15) is 0 Å².